The first-order valence-electron chi connectivity index (χ1n) is 4.51. The zero-order valence-electron chi connectivity index (χ0n) is 7.91. The molecule has 1 aliphatic rings. The molecule has 0 bridgehead atoms. The van der Waals surface area contributed by atoms with Crippen LogP contribution < -0.4 is 0 Å². The molecule has 2 rings (SSSR count). The number of thiophene rings is 1. The van der Waals surface area contributed by atoms with E-state index in [4.69, 9.17) is 0 Å². The summed E-state index contributed by atoms with van der Waals surface area (Å²) in [5, 5.41) is 1.95. The van der Waals surface area contributed by atoms with Gasteiger partial charge >= 0.3 is 0 Å². The molecule has 13 heavy (non-hydrogen) atoms. The van der Waals surface area contributed by atoms with Crippen molar-refractivity contribution in [1.29, 1.82) is 0 Å². The van der Waals surface area contributed by atoms with Crippen LogP contribution in [0.4, 0.5) is 0 Å². The first kappa shape index (κ1) is 8.75. The van der Waals surface area contributed by atoms with Crippen molar-refractivity contribution in [3.05, 3.63) is 21.9 Å². The molecule has 0 aromatic carbocycles. The normalized spacial score (nSPS) is 17.2. The first-order valence-corrected chi connectivity index (χ1v) is 5.39. The van der Waals surface area contributed by atoms with E-state index in [2.05, 4.69) is 6.92 Å². The van der Waals surface area contributed by atoms with Gasteiger partial charge in [0.05, 0.1) is 5.56 Å². The molecule has 0 radical (unpaired) electrons. The number of rotatable bonds is 1. The maximum Gasteiger partial charge on any atom is 0.254 e. The summed E-state index contributed by atoms with van der Waals surface area (Å²) in [7, 11) is 0. The van der Waals surface area contributed by atoms with Crippen LogP contribution in [0.5, 0.6) is 0 Å². The lowest BCUT2D eigenvalue weighted by atomic mass is 10.0. The lowest BCUT2D eigenvalue weighted by molar-refractivity contribution is 0.0531. The second kappa shape index (κ2) is 3.14. The summed E-state index contributed by atoms with van der Waals surface area (Å²) < 4.78 is 0. The van der Waals surface area contributed by atoms with Gasteiger partial charge in [-0.05, 0) is 18.9 Å². The van der Waals surface area contributed by atoms with Crippen LogP contribution in [0.3, 0.4) is 0 Å². The van der Waals surface area contributed by atoms with Crippen molar-refractivity contribution in [2.45, 2.75) is 13.8 Å². The Morgan fingerprint density at radius 2 is 2.31 bits per heavy atom. The third-order valence-electron chi connectivity index (χ3n) is 2.33. The molecule has 0 atom stereocenters. The summed E-state index contributed by atoms with van der Waals surface area (Å²) in [5.41, 5.74) is 0.856. The van der Waals surface area contributed by atoms with Gasteiger partial charge < -0.3 is 4.90 Å². The number of likely N-dealkylation sites (tertiary alicyclic amines) is 1. The van der Waals surface area contributed by atoms with Gasteiger partial charge in [0.25, 0.3) is 5.91 Å². The molecule has 3 heteroatoms. The lowest BCUT2D eigenvalue weighted by Gasteiger charge is -2.36. The molecule has 0 saturated carbocycles. The summed E-state index contributed by atoms with van der Waals surface area (Å²) in [6, 6.07) is 1.97. The van der Waals surface area contributed by atoms with Crippen LogP contribution in [0.1, 0.15) is 22.2 Å². The Balaban J connectivity index is 2.06. The van der Waals surface area contributed by atoms with Crippen molar-refractivity contribution in [3.8, 4) is 0 Å². The second-order valence-corrected chi connectivity index (χ2v) is 4.88. The molecular weight excluding hydrogens is 182 g/mol. The summed E-state index contributed by atoms with van der Waals surface area (Å²) >= 11 is 1.64. The SMILES string of the molecule is Cc1cc(C(=O)N2CC(C)C2)cs1. The molecule has 0 aliphatic carbocycles. The van der Waals surface area contributed by atoms with Crippen LogP contribution in [0.15, 0.2) is 11.4 Å². The molecule has 1 amide bonds. The fourth-order valence-electron chi connectivity index (χ4n) is 1.60. The van der Waals surface area contributed by atoms with E-state index in [1.165, 1.54) is 4.88 Å². The molecule has 2 heterocycles. The molecule has 0 spiro atoms. The Bertz CT molecular complexity index is 325. The van der Waals surface area contributed by atoms with E-state index in [-0.39, 0.29) is 5.91 Å². The summed E-state index contributed by atoms with van der Waals surface area (Å²) in [5.74, 6) is 0.881. The van der Waals surface area contributed by atoms with Gasteiger partial charge in [0, 0.05) is 23.3 Å². The van der Waals surface area contributed by atoms with E-state index in [9.17, 15) is 4.79 Å². The van der Waals surface area contributed by atoms with Crippen LogP contribution in [0.25, 0.3) is 0 Å². The predicted octanol–water partition coefficient (Wildman–Crippen LogP) is 2.15. The van der Waals surface area contributed by atoms with Gasteiger partial charge in [0.2, 0.25) is 0 Å². The highest BCUT2D eigenvalue weighted by molar-refractivity contribution is 7.10. The van der Waals surface area contributed by atoms with E-state index in [0.29, 0.717) is 5.92 Å². The minimum Gasteiger partial charge on any atom is -0.338 e. The van der Waals surface area contributed by atoms with Gasteiger partial charge in [-0.15, -0.1) is 11.3 Å². The number of aryl methyl sites for hydroxylation is 1. The van der Waals surface area contributed by atoms with Crippen molar-refractivity contribution < 1.29 is 4.79 Å². The minimum absolute atomic E-state index is 0.197. The molecule has 0 unspecified atom stereocenters. The number of carbonyl (C=O) groups is 1. The van der Waals surface area contributed by atoms with E-state index >= 15 is 0 Å². The number of amides is 1. The molecule has 70 valence electrons. The van der Waals surface area contributed by atoms with Crippen molar-refractivity contribution in [2.24, 2.45) is 5.92 Å². The van der Waals surface area contributed by atoms with Gasteiger partial charge in [-0.25, -0.2) is 0 Å². The van der Waals surface area contributed by atoms with Gasteiger partial charge in [-0.3, -0.25) is 4.79 Å². The van der Waals surface area contributed by atoms with Gasteiger partial charge in [-0.2, -0.15) is 0 Å². The minimum atomic E-state index is 0.197. The van der Waals surface area contributed by atoms with Crippen molar-refractivity contribution in [2.75, 3.05) is 13.1 Å². The third-order valence-corrected chi connectivity index (χ3v) is 3.19. The zero-order valence-corrected chi connectivity index (χ0v) is 8.73. The summed E-state index contributed by atoms with van der Waals surface area (Å²) in [6.45, 7) is 6.05. The first-order chi connectivity index (χ1) is 6.16. The highest BCUT2D eigenvalue weighted by Gasteiger charge is 2.27. The van der Waals surface area contributed by atoms with Gasteiger partial charge in [-0.1, -0.05) is 6.92 Å². The largest absolute Gasteiger partial charge is 0.338 e. The Morgan fingerprint density at radius 3 is 2.77 bits per heavy atom. The summed E-state index contributed by atoms with van der Waals surface area (Å²) in [4.78, 5) is 14.8. The zero-order chi connectivity index (χ0) is 9.42. The van der Waals surface area contributed by atoms with E-state index in [1.54, 1.807) is 11.3 Å². The second-order valence-electron chi connectivity index (χ2n) is 3.76. The predicted molar refractivity (Wildman–Crippen MR) is 54.1 cm³/mol. The average molecular weight is 195 g/mol. The molecular formula is C10H13NOS. The lowest BCUT2D eigenvalue weighted by Crippen LogP contribution is -2.48. The van der Waals surface area contributed by atoms with Gasteiger partial charge in [0.15, 0.2) is 0 Å². The fourth-order valence-corrected chi connectivity index (χ4v) is 2.28. The average Bonchev–Trinajstić information content (AvgIpc) is 2.45. The Hall–Kier alpha value is -0.830. The van der Waals surface area contributed by atoms with Crippen LogP contribution in [0, 0.1) is 12.8 Å². The van der Waals surface area contributed by atoms with Crippen LogP contribution in [-0.2, 0) is 0 Å². The highest BCUT2D eigenvalue weighted by Crippen LogP contribution is 2.20. The maximum atomic E-state index is 11.7. The molecule has 2 nitrogen and oxygen atoms in total. The van der Waals surface area contributed by atoms with E-state index in [1.807, 2.05) is 23.3 Å². The van der Waals surface area contributed by atoms with Crippen LogP contribution in [-0.4, -0.2) is 23.9 Å². The Morgan fingerprint density at radius 1 is 1.62 bits per heavy atom. The Labute approximate surface area is 82.2 Å². The highest BCUT2D eigenvalue weighted by atomic mass is 32.1. The number of carbonyl (C=O) groups excluding carboxylic acids is 1. The Kier molecular flexibility index (Phi) is 2.12. The van der Waals surface area contributed by atoms with Crippen LogP contribution in [0.2, 0.25) is 0 Å². The third kappa shape index (κ3) is 1.61. The smallest absolute Gasteiger partial charge is 0.254 e. The molecule has 1 fully saturated rings. The van der Waals surface area contributed by atoms with E-state index < -0.39 is 0 Å². The van der Waals surface area contributed by atoms with Crippen molar-refractivity contribution >= 4 is 17.2 Å². The number of nitrogens with zero attached hydrogens (tertiary/aromatic N) is 1. The number of hydrogen-bond acceptors (Lipinski definition) is 2. The number of hydrogen-bond donors (Lipinski definition) is 0. The van der Waals surface area contributed by atoms with Crippen molar-refractivity contribution in [3.63, 3.8) is 0 Å². The van der Waals surface area contributed by atoms with E-state index in [0.717, 1.165) is 18.7 Å². The molecule has 1 aromatic rings. The molecule has 0 N–H and O–H groups in total. The monoisotopic (exact) mass is 195 g/mol. The van der Waals surface area contributed by atoms with Crippen LogP contribution >= 0.6 is 11.3 Å². The molecule has 1 saturated heterocycles. The standard InChI is InChI=1S/C10H13NOS/c1-7-4-11(5-7)10(12)9-3-8(2)13-6-9/h3,6-7H,4-5H2,1-2H3. The maximum absolute atomic E-state index is 11.7. The molecule has 1 aromatic heterocycles. The quantitative estimate of drug-likeness (QED) is 0.672. The topological polar surface area (TPSA) is 20.3 Å². The molecule has 1 aliphatic heterocycles. The fraction of sp³-hybridized carbons (Fsp3) is 0.500. The summed E-state index contributed by atoms with van der Waals surface area (Å²) in [6.07, 6.45) is 0. The van der Waals surface area contributed by atoms with Gasteiger partial charge in [0.1, 0.15) is 0 Å². The van der Waals surface area contributed by atoms with Crippen molar-refractivity contribution in [1.82, 2.24) is 4.90 Å².